The first-order valence-electron chi connectivity index (χ1n) is 11.3. The minimum atomic E-state index is -0.336. The molecule has 176 valence electrons. The van der Waals surface area contributed by atoms with Crippen LogP contribution in [0.25, 0.3) is 0 Å². The van der Waals surface area contributed by atoms with Gasteiger partial charge >= 0.3 is 0 Å². The van der Waals surface area contributed by atoms with E-state index in [9.17, 15) is 9.59 Å². The molecule has 1 atom stereocenters. The number of amides is 2. The summed E-state index contributed by atoms with van der Waals surface area (Å²) in [5.74, 6) is 1.74. The lowest BCUT2D eigenvalue weighted by atomic mass is 10.1. The number of ether oxygens (including phenoxy) is 3. The van der Waals surface area contributed by atoms with E-state index in [0.717, 1.165) is 25.4 Å². The second-order valence-corrected chi connectivity index (χ2v) is 8.27. The molecule has 2 aromatic rings. The largest absolute Gasteiger partial charge is 0.497 e. The molecule has 2 aromatic carbocycles. The summed E-state index contributed by atoms with van der Waals surface area (Å²) in [7, 11) is 3.14. The normalized spacial score (nSPS) is 19.0. The van der Waals surface area contributed by atoms with Gasteiger partial charge in [0, 0.05) is 51.8 Å². The van der Waals surface area contributed by atoms with Crippen molar-refractivity contribution < 1.29 is 23.8 Å². The molecule has 0 radical (unpaired) electrons. The van der Waals surface area contributed by atoms with Gasteiger partial charge < -0.3 is 24.0 Å². The van der Waals surface area contributed by atoms with Crippen LogP contribution < -0.4 is 19.1 Å². The maximum absolute atomic E-state index is 13.1. The average Bonchev–Trinajstić information content (AvgIpc) is 3.25. The summed E-state index contributed by atoms with van der Waals surface area (Å²) in [5.41, 5.74) is 0.668. The Hall–Kier alpha value is -3.26. The average molecular weight is 454 g/mol. The number of hydrogen-bond acceptors (Lipinski definition) is 6. The molecule has 2 amide bonds. The second-order valence-electron chi connectivity index (χ2n) is 8.27. The van der Waals surface area contributed by atoms with Crippen molar-refractivity contribution in [1.82, 2.24) is 9.80 Å². The van der Waals surface area contributed by atoms with Crippen LogP contribution in [0.1, 0.15) is 6.42 Å². The van der Waals surface area contributed by atoms with E-state index >= 15 is 0 Å². The van der Waals surface area contributed by atoms with Crippen molar-refractivity contribution in [2.45, 2.75) is 6.42 Å². The zero-order chi connectivity index (χ0) is 23.2. The molecule has 0 bridgehead atoms. The Morgan fingerprint density at radius 2 is 1.73 bits per heavy atom. The molecule has 0 aromatic heterocycles. The Balaban J connectivity index is 1.28. The van der Waals surface area contributed by atoms with Crippen LogP contribution in [0.3, 0.4) is 0 Å². The van der Waals surface area contributed by atoms with Crippen molar-refractivity contribution in [2.24, 2.45) is 5.92 Å². The zero-order valence-electron chi connectivity index (χ0n) is 19.2. The highest BCUT2D eigenvalue weighted by Crippen LogP contribution is 2.36. The van der Waals surface area contributed by atoms with Crippen LogP contribution in [-0.4, -0.2) is 81.7 Å². The lowest BCUT2D eigenvalue weighted by molar-refractivity contribution is -0.137. The van der Waals surface area contributed by atoms with E-state index in [0.29, 0.717) is 43.4 Å². The van der Waals surface area contributed by atoms with Crippen molar-refractivity contribution in [2.75, 3.05) is 65.0 Å². The zero-order valence-corrected chi connectivity index (χ0v) is 19.2. The molecule has 33 heavy (non-hydrogen) atoms. The van der Waals surface area contributed by atoms with Crippen LogP contribution in [0.15, 0.2) is 48.5 Å². The molecule has 2 saturated heterocycles. The van der Waals surface area contributed by atoms with Crippen LogP contribution in [0, 0.1) is 5.92 Å². The molecule has 2 fully saturated rings. The van der Waals surface area contributed by atoms with Crippen LogP contribution in [0.4, 0.5) is 5.69 Å². The highest BCUT2D eigenvalue weighted by atomic mass is 16.5. The molecule has 2 heterocycles. The standard InChI is InChI=1S/C25H31N3O5/c1-31-21-8-9-22(23(17-21)32-2)28-18-19(16-24(28)29)25(30)27-12-10-26(11-13-27)14-15-33-20-6-4-3-5-7-20/h3-9,17,19H,10-16,18H2,1-2H3. The number of carbonyl (C=O) groups is 2. The minimum Gasteiger partial charge on any atom is -0.497 e. The Bertz CT molecular complexity index is 960. The summed E-state index contributed by atoms with van der Waals surface area (Å²) >= 11 is 0. The number of methoxy groups -OCH3 is 2. The van der Waals surface area contributed by atoms with Gasteiger partial charge in [-0.05, 0) is 24.3 Å². The summed E-state index contributed by atoms with van der Waals surface area (Å²) in [6, 6.07) is 15.1. The van der Waals surface area contributed by atoms with E-state index in [1.807, 2.05) is 35.2 Å². The van der Waals surface area contributed by atoms with Crippen molar-refractivity contribution in [3.05, 3.63) is 48.5 Å². The van der Waals surface area contributed by atoms with Gasteiger partial charge in [-0.3, -0.25) is 14.5 Å². The van der Waals surface area contributed by atoms with Gasteiger partial charge in [-0.25, -0.2) is 0 Å². The number of nitrogens with zero attached hydrogens (tertiary/aromatic N) is 3. The number of para-hydroxylation sites is 1. The maximum atomic E-state index is 13.1. The molecule has 8 nitrogen and oxygen atoms in total. The molecular weight excluding hydrogens is 422 g/mol. The number of piperazine rings is 1. The predicted molar refractivity (Wildman–Crippen MR) is 125 cm³/mol. The van der Waals surface area contributed by atoms with Gasteiger partial charge in [0.25, 0.3) is 0 Å². The molecule has 2 aliphatic rings. The highest BCUT2D eigenvalue weighted by Gasteiger charge is 2.38. The van der Waals surface area contributed by atoms with E-state index in [2.05, 4.69) is 4.90 Å². The van der Waals surface area contributed by atoms with Crippen LogP contribution in [-0.2, 0) is 9.59 Å². The number of hydrogen-bond donors (Lipinski definition) is 0. The lowest BCUT2D eigenvalue weighted by Crippen LogP contribution is -2.51. The fraction of sp³-hybridized carbons (Fsp3) is 0.440. The van der Waals surface area contributed by atoms with Crippen molar-refractivity contribution in [1.29, 1.82) is 0 Å². The van der Waals surface area contributed by atoms with Gasteiger partial charge in [-0.2, -0.15) is 0 Å². The molecule has 0 spiro atoms. The molecule has 0 aliphatic carbocycles. The van der Waals surface area contributed by atoms with E-state index in [4.69, 9.17) is 14.2 Å². The Morgan fingerprint density at radius 3 is 2.42 bits per heavy atom. The van der Waals surface area contributed by atoms with E-state index in [-0.39, 0.29) is 24.2 Å². The molecule has 1 unspecified atom stereocenters. The molecular formula is C25H31N3O5. The second kappa shape index (κ2) is 10.6. The number of rotatable bonds is 8. The van der Waals surface area contributed by atoms with E-state index in [1.54, 1.807) is 37.3 Å². The van der Waals surface area contributed by atoms with Gasteiger partial charge in [-0.1, -0.05) is 18.2 Å². The molecule has 4 rings (SSSR count). The van der Waals surface area contributed by atoms with Crippen molar-refractivity contribution in [3.63, 3.8) is 0 Å². The summed E-state index contributed by atoms with van der Waals surface area (Å²) in [5, 5.41) is 0. The summed E-state index contributed by atoms with van der Waals surface area (Å²) in [6.45, 7) is 4.76. The first-order chi connectivity index (χ1) is 16.1. The first-order valence-corrected chi connectivity index (χ1v) is 11.3. The topological polar surface area (TPSA) is 71.5 Å². The van der Waals surface area contributed by atoms with Crippen LogP contribution in [0.2, 0.25) is 0 Å². The van der Waals surface area contributed by atoms with Gasteiger partial charge in [0.1, 0.15) is 23.9 Å². The van der Waals surface area contributed by atoms with Gasteiger partial charge in [0.05, 0.1) is 25.8 Å². The van der Waals surface area contributed by atoms with Gasteiger partial charge in [0.2, 0.25) is 11.8 Å². The van der Waals surface area contributed by atoms with Crippen molar-refractivity contribution >= 4 is 17.5 Å². The quantitative estimate of drug-likeness (QED) is 0.611. The SMILES string of the molecule is COc1ccc(N2CC(C(=O)N3CCN(CCOc4ccccc4)CC3)CC2=O)c(OC)c1. The van der Waals surface area contributed by atoms with Crippen molar-refractivity contribution in [3.8, 4) is 17.2 Å². The number of anilines is 1. The third-order valence-electron chi connectivity index (χ3n) is 6.26. The fourth-order valence-corrected chi connectivity index (χ4v) is 4.37. The summed E-state index contributed by atoms with van der Waals surface area (Å²) in [4.78, 5) is 31.7. The number of benzene rings is 2. The van der Waals surface area contributed by atoms with E-state index in [1.165, 1.54) is 0 Å². The monoisotopic (exact) mass is 453 g/mol. The first kappa shape index (κ1) is 22.9. The maximum Gasteiger partial charge on any atom is 0.228 e. The Kier molecular flexibility index (Phi) is 7.34. The molecule has 0 N–H and O–H groups in total. The number of carbonyl (C=O) groups excluding carboxylic acids is 2. The minimum absolute atomic E-state index is 0.0542. The molecule has 2 aliphatic heterocycles. The molecule has 8 heteroatoms. The third kappa shape index (κ3) is 5.39. The summed E-state index contributed by atoms with van der Waals surface area (Å²) in [6.07, 6.45) is 0.221. The van der Waals surface area contributed by atoms with Gasteiger partial charge in [-0.15, -0.1) is 0 Å². The smallest absolute Gasteiger partial charge is 0.228 e. The van der Waals surface area contributed by atoms with Gasteiger partial charge in [0.15, 0.2) is 0 Å². The molecule has 0 saturated carbocycles. The Morgan fingerprint density at radius 1 is 0.970 bits per heavy atom. The Labute approximate surface area is 194 Å². The predicted octanol–water partition coefficient (Wildman–Crippen LogP) is 2.28. The van der Waals surface area contributed by atoms with E-state index < -0.39 is 0 Å². The lowest BCUT2D eigenvalue weighted by Gasteiger charge is -2.35. The summed E-state index contributed by atoms with van der Waals surface area (Å²) < 4.78 is 16.5. The highest BCUT2D eigenvalue weighted by molar-refractivity contribution is 6.01. The third-order valence-corrected chi connectivity index (χ3v) is 6.26. The fourth-order valence-electron chi connectivity index (χ4n) is 4.37. The van der Waals surface area contributed by atoms with Crippen LogP contribution >= 0.6 is 0 Å². The van der Waals surface area contributed by atoms with Crippen LogP contribution in [0.5, 0.6) is 17.2 Å².